The molecule has 0 aliphatic carbocycles. The first-order valence-corrected chi connectivity index (χ1v) is 8.41. The molecule has 1 aromatic carbocycles. The van der Waals surface area contributed by atoms with Gasteiger partial charge in [-0.15, -0.1) is 0 Å². The molecule has 1 heterocycles. The summed E-state index contributed by atoms with van der Waals surface area (Å²) in [5.41, 5.74) is 0.997. The van der Waals surface area contributed by atoms with Crippen LogP contribution in [0.1, 0.15) is 5.56 Å². The summed E-state index contributed by atoms with van der Waals surface area (Å²) < 4.78 is 28.4. The van der Waals surface area contributed by atoms with E-state index >= 15 is 0 Å². The van der Waals surface area contributed by atoms with Crippen molar-refractivity contribution >= 4 is 31.3 Å². The molecule has 106 valence electrons. The lowest BCUT2D eigenvalue weighted by atomic mass is 10.2. The molecule has 0 N–H and O–H groups in total. The van der Waals surface area contributed by atoms with Gasteiger partial charge in [0, 0.05) is 34.5 Å². The molecule has 0 unspecified atom stereocenters. The molecule has 2 aromatic rings. The Hall–Kier alpha value is -1.30. The monoisotopic (exact) mass is 331 g/mol. The lowest BCUT2D eigenvalue weighted by Crippen LogP contribution is -2.04. The van der Waals surface area contributed by atoms with E-state index in [4.69, 9.17) is 27.0 Å². The molecule has 0 radical (unpaired) electrons. The van der Waals surface area contributed by atoms with Crippen molar-refractivity contribution in [3.05, 3.63) is 53.3 Å². The molecule has 4 nitrogen and oxygen atoms in total. The minimum absolute atomic E-state index is 0.127. The average Bonchev–Trinajstić information content (AvgIpc) is 2.40. The Morgan fingerprint density at radius 2 is 2.05 bits per heavy atom. The SMILES string of the molecule is O=S(=O)(Cl)c1cc(Cl)ccc1OCCc1cccnc1. The number of pyridine rings is 1. The number of aromatic nitrogens is 1. The van der Waals surface area contributed by atoms with Gasteiger partial charge in [0.15, 0.2) is 0 Å². The summed E-state index contributed by atoms with van der Waals surface area (Å²) in [5, 5.41) is 0.281. The van der Waals surface area contributed by atoms with Gasteiger partial charge in [-0.25, -0.2) is 8.42 Å². The highest BCUT2D eigenvalue weighted by Crippen LogP contribution is 2.29. The number of nitrogens with zero attached hydrogens (tertiary/aromatic N) is 1. The van der Waals surface area contributed by atoms with Crippen LogP contribution in [0.25, 0.3) is 0 Å². The van der Waals surface area contributed by atoms with E-state index in [0.29, 0.717) is 13.0 Å². The second kappa shape index (κ2) is 6.43. The van der Waals surface area contributed by atoms with E-state index in [2.05, 4.69) is 4.98 Å². The molecule has 0 spiro atoms. The summed E-state index contributed by atoms with van der Waals surface area (Å²) in [6, 6.07) is 8.04. The number of rotatable bonds is 5. The third-order valence-electron chi connectivity index (χ3n) is 2.54. The minimum Gasteiger partial charge on any atom is -0.492 e. The zero-order chi connectivity index (χ0) is 14.6. The van der Waals surface area contributed by atoms with Gasteiger partial charge in [-0.3, -0.25) is 4.98 Å². The van der Waals surface area contributed by atoms with Crippen molar-refractivity contribution in [1.82, 2.24) is 4.98 Å². The van der Waals surface area contributed by atoms with Gasteiger partial charge < -0.3 is 4.74 Å². The van der Waals surface area contributed by atoms with Crippen LogP contribution in [0.2, 0.25) is 5.02 Å². The van der Waals surface area contributed by atoms with Gasteiger partial charge in [0.2, 0.25) is 0 Å². The molecule has 0 aliphatic heterocycles. The normalized spacial score (nSPS) is 11.3. The number of hydrogen-bond donors (Lipinski definition) is 0. The van der Waals surface area contributed by atoms with Crippen LogP contribution < -0.4 is 4.74 Å². The quantitative estimate of drug-likeness (QED) is 0.789. The second-order valence-electron chi connectivity index (χ2n) is 3.99. The molecule has 0 aliphatic rings. The van der Waals surface area contributed by atoms with Crippen molar-refractivity contribution in [2.24, 2.45) is 0 Å². The van der Waals surface area contributed by atoms with E-state index in [1.165, 1.54) is 12.1 Å². The van der Waals surface area contributed by atoms with Gasteiger partial charge in [0.05, 0.1) is 6.61 Å². The van der Waals surface area contributed by atoms with Crippen molar-refractivity contribution in [3.63, 3.8) is 0 Å². The van der Waals surface area contributed by atoms with Crippen LogP contribution in [-0.2, 0) is 15.5 Å². The number of ether oxygens (including phenoxy) is 1. The van der Waals surface area contributed by atoms with E-state index in [-0.39, 0.29) is 15.7 Å². The van der Waals surface area contributed by atoms with Crippen LogP contribution in [0.15, 0.2) is 47.6 Å². The van der Waals surface area contributed by atoms with E-state index in [9.17, 15) is 8.42 Å². The highest BCUT2D eigenvalue weighted by molar-refractivity contribution is 8.13. The first-order valence-electron chi connectivity index (χ1n) is 5.73. The van der Waals surface area contributed by atoms with Crippen molar-refractivity contribution in [2.45, 2.75) is 11.3 Å². The van der Waals surface area contributed by atoms with Crippen molar-refractivity contribution in [2.75, 3.05) is 6.61 Å². The van der Waals surface area contributed by atoms with Gasteiger partial charge in [0.1, 0.15) is 10.6 Å². The lowest BCUT2D eigenvalue weighted by molar-refractivity contribution is 0.313. The molecular weight excluding hydrogens is 321 g/mol. The zero-order valence-electron chi connectivity index (χ0n) is 10.3. The van der Waals surface area contributed by atoms with Crippen molar-refractivity contribution in [1.29, 1.82) is 0 Å². The summed E-state index contributed by atoms with van der Waals surface area (Å²) in [6.45, 7) is 0.312. The molecule has 0 saturated heterocycles. The molecule has 2 rings (SSSR count). The molecular formula is C13H11Cl2NO3S. The van der Waals surface area contributed by atoms with Crippen LogP contribution in [-0.4, -0.2) is 20.0 Å². The number of hydrogen-bond acceptors (Lipinski definition) is 4. The molecule has 0 amide bonds. The third-order valence-corrected chi connectivity index (χ3v) is 4.12. The zero-order valence-corrected chi connectivity index (χ0v) is 12.6. The number of benzene rings is 1. The van der Waals surface area contributed by atoms with Gasteiger partial charge in [-0.1, -0.05) is 17.7 Å². The lowest BCUT2D eigenvalue weighted by Gasteiger charge is -2.09. The fraction of sp³-hybridized carbons (Fsp3) is 0.154. The van der Waals surface area contributed by atoms with Crippen molar-refractivity contribution in [3.8, 4) is 5.75 Å². The van der Waals surface area contributed by atoms with Gasteiger partial charge in [-0.05, 0) is 29.8 Å². The molecule has 7 heteroatoms. The predicted molar refractivity (Wildman–Crippen MR) is 77.9 cm³/mol. The Bertz CT molecular complexity index is 690. The highest BCUT2D eigenvalue weighted by Gasteiger charge is 2.17. The minimum atomic E-state index is -3.90. The predicted octanol–water partition coefficient (Wildman–Crippen LogP) is 3.28. The Labute approximate surface area is 126 Å². The van der Waals surface area contributed by atoms with Crippen LogP contribution in [0.4, 0.5) is 0 Å². The summed E-state index contributed by atoms with van der Waals surface area (Å²) >= 11 is 5.77. The maximum atomic E-state index is 11.5. The first-order chi connectivity index (χ1) is 9.47. The largest absolute Gasteiger partial charge is 0.492 e. The van der Waals surface area contributed by atoms with Crippen LogP contribution >= 0.6 is 22.3 Å². The standard InChI is InChI=1S/C13H11Cl2NO3S/c14-11-3-4-12(13(8-11)20(15,17)18)19-7-5-10-2-1-6-16-9-10/h1-4,6,8-9H,5,7H2. The Morgan fingerprint density at radius 1 is 1.25 bits per heavy atom. The van der Waals surface area contributed by atoms with E-state index < -0.39 is 9.05 Å². The topological polar surface area (TPSA) is 56.3 Å². The van der Waals surface area contributed by atoms with Crippen molar-refractivity contribution < 1.29 is 13.2 Å². The average molecular weight is 332 g/mol. The molecule has 0 saturated carbocycles. The Kier molecular flexibility index (Phi) is 4.86. The number of halogens is 2. The van der Waals surface area contributed by atoms with Crippen LogP contribution in [0.5, 0.6) is 5.75 Å². The van der Waals surface area contributed by atoms with Gasteiger partial charge >= 0.3 is 0 Å². The maximum absolute atomic E-state index is 11.5. The highest BCUT2D eigenvalue weighted by atomic mass is 35.7. The first kappa shape index (κ1) is 15.1. The second-order valence-corrected chi connectivity index (χ2v) is 6.96. The molecule has 0 bridgehead atoms. The van der Waals surface area contributed by atoms with Gasteiger partial charge in [0.25, 0.3) is 9.05 Å². The van der Waals surface area contributed by atoms with Gasteiger partial charge in [-0.2, -0.15) is 0 Å². The molecule has 0 fully saturated rings. The van der Waals surface area contributed by atoms with E-state index in [0.717, 1.165) is 5.56 Å². The maximum Gasteiger partial charge on any atom is 0.265 e. The van der Waals surface area contributed by atoms with E-state index in [1.807, 2.05) is 12.1 Å². The Balaban J connectivity index is 2.10. The summed E-state index contributed by atoms with van der Waals surface area (Å²) in [4.78, 5) is 3.86. The molecule has 0 atom stereocenters. The fourth-order valence-corrected chi connectivity index (χ4v) is 2.85. The molecule has 20 heavy (non-hydrogen) atoms. The van der Waals surface area contributed by atoms with Crippen LogP contribution in [0.3, 0.4) is 0 Å². The summed E-state index contributed by atoms with van der Waals surface area (Å²) in [7, 11) is 1.45. The fourth-order valence-electron chi connectivity index (χ4n) is 1.62. The smallest absolute Gasteiger partial charge is 0.265 e. The third kappa shape index (κ3) is 4.10. The Morgan fingerprint density at radius 3 is 2.70 bits per heavy atom. The van der Waals surface area contributed by atoms with Crippen LogP contribution in [0, 0.1) is 0 Å². The summed E-state index contributed by atoms with van der Waals surface area (Å²) in [5.74, 6) is 0.188. The summed E-state index contributed by atoms with van der Waals surface area (Å²) in [6.07, 6.45) is 4.02. The molecule has 1 aromatic heterocycles. The van der Waals surface area contributed by atoms with E-state index in [1.54, 1.807) is 18.5 Å².